The largest absolute Gasteiger partial charge is 0.461 e. The fraction of sp³-hybridized carbons (Fsp3) is 0.846. The number of ether oxygens (including phenoxy) is 1. The van der Waals surface area contributed by atoms with Crippen LogP contribution in [0.25, 0.3) is 0 Å². The van der Waals surface area contributed by atoms with Crippen molar-refractivity contribution in [2.75, 3.05) is 5.88 Å². The molecule has 0 heterocycles. The Hall–Kier alpha value is -0.570. The molecule has 0 spiro atoms. The van der Waals surface area contributed by atoms with Crippen molar-refractivity contribution >= 4 is 23.4 Å². The summed E-state index contributed by atoms with van der Waals surface area (Å²) in [5.74, 6) is -0.0171. The predicted octanol–water partition coefficient (Wildman–Crippen LogP) is 2.41. The Balaban J connectivity index is 2.17. The van der Waals surface area contributed by atoms with Crippen molar-refractivity contribution in [1.29, 1.82) is 0 Å². The highest BCUT2D eigenvalue weighted by atomic mass is 35.5. The maximum Gasteiger partial charge on any atom is 0.321 e. The topological polar surface area (TPSA) is 43.4 Å². The number of hydrogen-bond acceptors (Lipinski definition) is 3. The first-order valence-electron chi connectivity index (χ1n) is 6.16. The van der Waals surface area contributed by atoms with Gasteiger partial charge in [0.1, 0.15) is 17.8 Å². The Labute approximate surface area is 107 Å². The fourth-order valence-electron chi connectivity index (χ4n) is 3.61. The van der Waals surface area contributed by atoms with Crippen LogP contribution >= 0.6 is 11.6 Å². The highest BCUT2D eigenvalue weighted by Gasteiger charge is 2.55. The van der Waals surface area contributed by atoms with Crippen LogP contribution in [0.2, 0.25) is 0 Å². The molecule has 96 valence electrons. The second-order valence-electron chi connectivity index (χ2n) is 5.99. The van der Waals surface area contributed by atoms with Crippen LogP contribution in [0.5, 0.6) is 0 Å². The first-order valence-corrected chi connectivity index (χ1v) is 6.69. The number of carbonyl (C=O) groups is 2. The van der Waals surface area contributed by atoms with Crippen molar-refractivity contribution in [2.24, 2.45) is 23.2 Å². The van der Waals surface area contributed by atoms with E-state index in [1.165, 1.54) is 0 Å². The summed E-state index contributed by atoms with van der Waals surface area (Å²) in [6, 6.07) is 0. The third-order valence-electron chi connectivity index (χ3n) is 4.49. The van der Waals surface area contributed by atoms with Gasteiger partial charge in [0, 0.05) is 5.92 Å². The zero-order valence-corrected chi connectivity index (χ0v) is 11.3. The molecule has 0 saturated heterocycles. The standard InChI is InChI=1S/C13H19ClO3/c1-7-9-4-10(17-11(15)6-14)8(12(7)16)5-13(9,2)3/h7-10H,4-6H2,1-3H3/t7-,8+,9+,10+/m1/s1. The van der Waals surface area contributed by atoms with Crippen LogP contribution in [0.4, 0.5) is 0 Å². The number of ketones is 1. The van der Waals surface area contributed by atoms with Crippen LogP contribution in [0.15, 0.2) is 0 Å². The molecule has 3 saturated carbocycles. The van der Waals surface area contributed by atoms with Gasteiger partial charge in [-0.15, -0.1) is 11.6 Å². The van der Waals surface area contributed by atoms with Gasteiger partial charge in [-0.3, -0.25) is 9.59 Å². The lowest BCUT2D eigenvalue weighted by atomic mass is 9.52. The van der Waals surface area contributed by atoms with Gasteiger partial charge in [0.15, 0.2) is 0 Å². The molecule has 3 fully saturated rings. The van der Waals surface area contributed by atoms with Gasteiger partial charge in [0.05, 0.1) is 5.92 Å². The molecular weight excluding hydrogens is 240 g/mol. The van der Waals surface area contributed by atoms with Crippen molar-refractivity contribution in [1.82, 2.24) is 0 Å². The number of alkyl halides is 1. The van der Waals surface area contributed by atoms with Crippen LogP contribution in [0.1, 0.15) is 33.6 Å². The minimum atomic E-state index is -0.414. The molecule has 0 aromatic rings. The Morgan fingerprint density at radius 3 is 2.76 bits per heavy atom. The number of rotatable bonds is 2. The van der Waals surface area contributed by atoms with Crippen molar-refractivity contribution in [2.45, 2.75) is 39.7 Å². The SMILES string of the molecule is C[C@H]1C(=O)[C@H]2CC(C)(C)[C@H]1C[C@@H]2OC(=O)CCl. The average Bonchev–Trinajstić information content (AvgIpc) is 2.26. The van der Waals surface area contributed by atoms with Crippen molar-refractivity contribution in [3.05, 3.63) is 0 Å². The van der Waals surface area contributed by atoms with Gasteiger partial charge in [0.2, 0.25) is 0 Å². The van der Waals surface area contributed by atoms with E-state index in [0.29, 0.717) is 5.92 Å². The lowest BCUT2D eigenvalue weighted by Gasteiger charge is -2.53. The third kappa shape index (κ3) is 2.10. The minimum absolute atomic E-state index is 0.0923. The summed E-state index contributed by atoms with van der Waals surface area (Å²) < 4.78 is 5.29. The normalized spacial score (nSPS) is 39.2. The summed E-state index contributed by atoms with van der Waals surface area (Å²) in [5.41, 5.74) is 0.169. The number of hydrogen-bond donors (Lipinski definition) is 0. The van der Waals surface area contributed by atoms with Gasteiger partial charge >= 0.3 is 5.97 Å². The molecule has 17 heavy (non-hydrogen) atoms. The summed E-state index contributed by atoms with van der Waals surface area (Å²) in [7, 11) is 0. The summed E-state index contributed by atoms with van der Waals surface area (Å²) in [5, 5.41) is 0. The molecule has 3 aliphatic carbocycles. The summed E-state index contributed by atoms with van der Waals surface area (Å²) in [4.78, 5) is 23.4. The second-order valence-corrected chi connectivity index (χ2v) is 6.26. The number of Topliss-reactive ketones (excluding diaryl/α,β-unsaturated/α-hetero) is 1. The molecule has 3 rings (SSSR count). The Kier molecular flexibility index (Phi) is 3.23. The van der Waals surface area contributed by atoms with Crippen LogP contribution in [-0.2, 0) is 14.3 Å². The second kappa shape index (κ2) is 4.27. The van der Waals surface area contributed by atoms with E-state index < -0.39 is 5.97 Å². The number of carbonyl (C=O) groups excluding carboxylic acids is 2. The maximum absolute atomic E-state index is 12.1. The summed E-state index contributed by atoms with van der Waals surface area (Å²) >= 11 is 5.43. The quantitative estimate of drug-likeness (QED) is 0.564. The summed E-state index contributed by atoms with van der Waals surface area (Å²) in [6.07, 6.45) is 1.37. The van der Waals surface area contributed by atoms with Gasteiger partial charge in [-0.25, -0.2) is 0 Å². The first kappa shape index (κ1) is 12.9. The zero-order valence-electron chi connectivity index (χ0n) is 10.5. The van der Waals surface area contributed by atoms with Crippen molar-refractivity contribution in [3.8, 4) is 0 Å². The molecule has 0 amide bonds. The highest BCUT2D eigenvalue weighted by Crippen LogP contribution is 2.53. The van der Waals surface area contributed by atoms with E-state index >= 15 is 0 Å². The molecule has 0 aliphatic heterocycles. The van der Waals surface area contributed by atoms with Gasteiger partial charge in [0.25, 0.3) is 0 Å². The summed E-state index contributed by atoms with van der Waals surface area (Å²) in [6.45, 7) is 6.40. The number of esters is 1. The lowest BCUT2D eigenvalue weighted by molar-refractivity contribution is -0.172. The Bertz CT molecular complexity index is 351. The minimum Gasteiger partial charge on any atom is -0.461 e. The Morgan fingerprint density at radius 2 is 2.18 bits per heavy atom. The van der Waals surface area contributed by atoms with Crippen molar-refractivity contribution < 1.29 is 14.3 Å². The molecular formula is C13H19ClO3. The predicted molar refractivity (Wildman–Crippen MR) is 64.8 cm³/mol. The fourth-order valence-corrected chi connectivity index (χ4v) is 3.68. The van der Waals surface area contributed by atoms with Crippen LogP contribution in [0, 0.1) is 23.2 Å². The van der Waals surface area contributed by atoms with E-state index in [-0.39, 0.29) is 35.0 Å². The monoisotopic (exact) mass is 258 g/mol. The molecule has 4 heteroatoms. The molecule has 3 nitrogen and oxygen atoms in total. The van der Waals surface area contributed by atoms with Gasteiger partial charge in [-0.05, 0) is 24.2 Å². The van der Waals surface area contributed by atoms with E-state index in [2.05, 4.69) is 13.8 Å². The van der Waals surface area contributed by atoms with Gasteiger partial charge < -0.3 is 4.74 Å². The number of fused-ring (bicyclic) bond motifs is 3. The van der Waals surface area contributed by atoms with E-state index in [9.17, 15) is 9.59 Å². The number of halogens is 1. The highest BCUT2D eigenvalue weighted by molar-refractivity contribution is 6.26. The van der Waals surface area contributed by atoms with E-state index in [1.807, 2.05) is 6.92 Å². The molecule has 0 unspecified atom stereocenters. The lowest BCUT2D eigenvalue weighted by Crippen LogP contribution is -2.56. The molecule has 0 aromatic heterocycles. The molecule has 2 bridgehead atoms. The zero-order chi connectivity index (χ0) is 12.8. The van der Waals surface area contributed by atoms with Gasteiger partial charge in [-0.2, -0.15) is 0 Å². The smallest absolute Gasteiger partial charge is 0.321 e. The van der Waals surface area contributed by atoms with Crippen LogP contribution in [0.3, 0.4) is 0 Å². The molecule has 0 N–H and O–H groups in total. The van der Waals surface area contributed by atoms with E-state index in [4.69, 9.17) is 16.3 Å². The maximum atomic E-state index is 12.1. The third-order valence-corrected chi connectivity index (χ3v) is 4.71. The van der Waals surface area contributed by atoms with E-state index in [1.54, 1.807) is 0 Å². The van der Waals surface area contributed by atoms with Gasteiger partial charge in [-0.1, -0.05) is 20.8 Å². The first-order chi connectivity index (χ1) is 7.86. The van der Waals surface area contributed by atoms with Crippen LogP contribution < -0.4 is 0 Å². The molecule has 0 radical (unpaired) electrons. The molecule has 3 aliphatic rings. The van der Waals surface area contributed by atoms with Crippen LogP contribution in [-0.4, -0.2) is 23.7 Å². The Morgan fingerprint density at radius 1 is 1.53 bits per heavy atom. The van der Waals surface area contributed by atoms with E-state index in [0.717, 1.165) is 12.8 Å². The van der Waals surface area contributed by atoms with Crippen molar-refractivity contribution in [3.63, 3.8) is 0 Å². The average molecular weight is 259 g/mol. The molecule has 4 atom stereocenters. The molecule has 0 aromatic carbocycles.